The standard InChI is InChI=1S/C13H16ClNO.C9H20.C7H9N/c1-9(10(2)16)15-7-3-4-11-8-12(14)5-6-13(11)15;1-4-5-6-7-8-9(2)3;1-6-3-2-4-7(8)5-6/h5-6,8-9H,3-4,7H2,1-2H3;9H,4-8H2,1-3H3;2-5H,8H2,1H3. The molecule has 2 aromatic rings. The fraction of sp³-hybridized carbons (Fsp3) is 0.552. The Bertz CT molecular complexity index is 817. The Morgan fingerprint density at radius 1 is 1.09 bits per heavy atom. The van der Waals surface area contributed by atoms with E-state index in [0.717, 1.165) is 36.0 Å². The lowest BCUT2D eigenvalue weighted by Gasteiger charge is -2.35. The maximum absolute atomic E-state index is 11.5. The zero-order chi connectivity index (χ0) is 24.8. The van der Waals surface area contributed by atoms with Crippen molar-refractivity contribution in [3.05, 3.63) is 58.6 Å². The molecule has 0 fully saturated rings. The number of carbonyl (C=O) groups is 1. The van der Waals surface area contributed by atoms with Crippen LogP contribution in [0.2, 0.25) is 5.02 Å². The molecule has 0 amide bonds. The third-order valence-electron chi connectivity index (χ3n) is 5.93. The summed E-state index contributed by atoms with van der Waals surface area (Å²) in [6.07, 6.45) is 9.22. The Morgan fingerprint density at radius 3 is 2.36 bits per heavy atom. The highest BCUT2D eigenvalue weighted by molar-refractivity contribution is 6.30. The summed E-state index contributed by atoms with van der Waals surface area (Å²) in [4.78, 5) is 13.6. The van der Waals surface area contributed by atoms with Gasteiger partial charge in [0, 0.05) is 22.9 Å². The van der Waals surface area contributed by atoms with Gasteiger partial charge in [-0.05, 0) is 81.0 Å². The SMILES string of the molecule is CC(=O)C(C)N1CCCc2cc(Cl)ccc21.CCCCCCC(C)C.Cc1cccc(N)c1. The number of fused-ring (bicyclic) bond motifs is 1. The van der Waals surface area contributed by atoms with E-state index < -0.39 is 0 Å². The number of rotatable bonds is 7. The lowest BCUT2D eigenvalue weighted by Crippen LogP contribution is -2.41. The summed E-state index contributed by atoms with van der Waals surface area (Å²) >= 11 is 5.98. The second kappa shape index (κ2) is 15.8. The predicted molar refractivity (Wildman–Crippen MR) is 146 cm³/mol. The summed E-state index contributed by atoms with van der Waals surface area (Å²) in [5.74, 6) is 1.12. The zero-order valence-corrected chi connectivity index (χ0v) is 22.4. The third kappa shape index (κ3) is 11.6. The lowest BCUT2D eigenvalue weighted by molar-refractivity contribution is -0.117. The van der Waals surface area contributed by atoms with Crippen molar-refractivity contribution in [2.75, 3.05) is 17.2 Å². The summed E-state index contributed by atoms with van der Waals surface area (Å²) in [5.41, 5.74) is 9.93. The van der Waals surface area contributed by atoms with E-state index in [-0.39, 0.29) is 11.8 Å². The molecule has 0 bridgehead atoms. The summed E-state index contributed by atoms with van der Waals surface area (Å²) in [5, 5.41) is 0.774. The van der Waals surface area contributed by atoms with E-state index in [4.69, 9.17) is 17.3 Å². The minimum atomic E-state index is -0.0415. The molecule has 2 N–H and O–H groups in total. The molecule has 1 aliphatic rings. The van der Waals surface area contributed by atoms with Crippen LogP contribution < -0.4 is 10.6 Å². The number of hydrogen-bond acceptors (Lipinski definition) is 3. The van der Waals surface area contributed by atoms with Crippen LogP contribution in [-0.2, 0) is 11.2 Å². The molecule has 1 aliphatic heterocycles. The fourth-order valence-electron chi connectivity index (χ4n) is 3.87. The van der Waals surface area contributed by atoms with Gasteiger partial charge >= 0.3 is 0 Å². The number of nitrogens with zero attached hydrogens (tertiary/aromatic N) is 1. The highest BCUT2D eigenvalue weighted by Gasteiger charge is 2.23. The molecule has 0 aromatic heterocycles. The second-order valence-corrected chi connectivity index (χ2v) is 9.95. The molecule has 0 saturated heterocycles. The van der Waals surface area contributed by atoms with Crippen LogP contribution in [0, 0.1) is 12.8 Å². The quantitative estimate of drug-likeness (QED) is 0.325. The third-order valence-corrected chi connectivity index (χ3v) is 6.16. The average molecular weight is 473 g/mol. The molecular formula is C29H45ClN2O. The first kappa shape index (κ1) is 29.0. The van der Waals surface area contributed by atoms with E-state index in [2.05, 4.69) is 25.7 Å². The molecule has 4 heteroatoms. The van der Waals surface area contributed by atoms with Crippen molar-refractivity contribution < 1.29 is 4.79 Å². The van der Waals surface area contributed by atoms with Crippen molar-refractivity contribution in [2.45, 2.75) is 92.5 Å². The number of nitrogens with two attached hydrogens (primary N) is 1. The number of halogens is 1. The van der Waals surface area contributed by atoms with Crippen molar-refractivity contribution >= 4 is 28.8 Å². The van der Waals surface area contributed by atoms with Gasteiger partial charge in [-0.3, -0.25) is 4.79 Å². The molecule has 0 spiro atoms. The summed E-state index contributed by atoms with van der Waals surface area (Å²) in [6.45, 7) is 13.4. The first-order valence-electron chi connectivity index (χ1n) is 12.5. The van der Waals surface area contributed by atoms with E-state index in [9.17, 15) is 4.79 Å². The molecule has 0 saturated carbocycles. The Morgan fingerprint density at radius 2 is 1.82 bits per heavy atom. The summed E-state index contributed by atoms with van der Waals surface area (Å²) in [6, 6.07) is 13.7. The van der Waals surface area contributed by atoms with Gasteiger partial charge in [0.25, 0.3) is 0 Å². The molecule has 184 valence electrons. The lowest BCUT2D eigenvalue weighted by atomic mass is 9.99. The molecular weight excluding hydrogens is 428 g/mol. The van der Waals surface area contributed by atoms with E-state index in [1.165, 1.54) is 48.9 Å². The molecule has 0 radical (unpaired) electrons. The number of Topliss-reactive ketones (excluding diaryl/α,β-unsaturated/α-hetero) is 1. The number of carbonyl (C=O) groups excluding carboxylic acids is 1. The molecule has 3 rings (SSSR count). The van der Waals surface area contributed by atoms with Gasteiger partial charge in [-0.15, -0.1) is 0 Å². The van der Waals surface area contributed by atoms with Crippen molar-refractivity contribution in [2.24, 2.45) is 5.92 Å². The molecule has 0 aliphatic carbocycles. The number of nitrogen functional groups attached to an aromatic ring is 1. The fourth-order valence-corrected chi connectivity index (χ4v) is 4.06. The molecule has 3 nitrogen and oxygen atoms in total. The van der Waals surface area contributed by atoms with Gasteiger partial charge in [0.15, 0.2) is 5.78 Å². The van der Waals surface area contributed by atoms with Gasteiger partial charge in [-0.1, -0.05) is 76.6 Å². The number of unbranched alkanes of at least 4 members (excludes halogenated alkanes) is 3. The van der Waals surface area contributed by atoms with Crippen LogP contribution in [-0.4, -0.2) is 18.4 Å². The van der Waals surface area contributed by atoms with Crippen LogP contribution in [0.15, 0.2) is 42.5 Å². The highest BCUT2D eigenvalue weighted by Crippen LogP contribution is 2.31. The zero-order valence-electron chi connectivity index (χ0n) is 21.7. The maximum Gasteiger partial charge on any atom is 0.151 e. The minimum Gasteiger partial charge on any atom is -0.399 e. The minimum absolute atomic E-state index is 0.0415. The molecule has 33 heavy (non-hydrogen) atoms. The summed E-state index contributed by atoms with van der Waals surface area (Å²) < 4.78 is 0. The van der Waals surface area contributed by atoms with Gasteiger partial charge in [0.2, 0.25) is 0 Å². The van der Waals surface area contributed by atoms with Crippen molar-refractivity contribution in [1.29, 1.82) is 0 Å². The Kier molecular flexibility index (Phi) is 13.9. The van der Waals surface area contributed by atoms with Gasteiger partial charge in [-0.25, -0.2) is 0 Å². The molecule has 1 unspecified atom stereocenters. The first-order valence-corrected chi connectivity index (χ1v) is 12.9. The number of anilines is 2. The van der Waals surface area contributed by atoms with Crippen LogP contribution in [0.1, 0.15) is 84.3 Å². The molecule has 1 heterocycles. The van der Waals surface area contributed by atoms with Gasteiger partial charge in [0.05, 0.1) is 6.04 Å². The van der Waals surface area contributed by atoms with E-state index >= 15 is 0 Å². The maximum atomic E-state index is 11.5. The van der Waals surface area contributed by atoms with Crippen LogP contribution in [0.3, 0.4) is 0 Å². The van der Waals surface area contributed by atoms with E-state index in [1.54, 1.807) is 6.92 Å². The van der Waals surface area contributed by atoms with Crippen molar-refractivity contribution in [3.8, 4) is 0 Å². The van der Waals surface area contributed by atoms with Crippen molar-refractivity contribution in [3.63, 3.8) is 0 Å². The number of hydrogen-bond donors (Lipinski definition) is 1. The Labute approximate surface area is 207 Å². The monoisotopic (exact) mass is 472 g/mol. The van der Waals surface area contributed by atoms with Gasteiger partial charge in [-0.2, -0.15) is 0 Å². The largest absolute Gasteiger partial charge is 0.399 e. The number of benzene rings is 2. The molecule has 2 aromatic carbocycles. The summed E-state index contributed by atoms with van der Waals surface area (Å²) in [7, 11) is 0. The van der Waals surface area contributed by atoms with Crippen LogP contribution in [0.25, 0.3) is 0 Å². The molecule has 1 atom stereocenters. The number of ketones is 1. The van der Waals surface area contributed by atoms with E-state index in [0.29, 0.717) is 0 Å². The number of aryl methyl sites for hydroxylation is 2. The predicted octanol–water partition coefficient (Wildman–Crippen LogP) is 8.26. The van der Waals surface area contributed by atoms with Crippen LogP contribution in [0.5, 0.6) is 0 Å². The second-order valence-electron chi connectivity index (χ2n) is 9.51. The van der Waals surface area contributed by atoms with Crippen LogP contribution >= 0.6 is 11.6 Å². The smallest absolute Gasteiger partial charge is 0.151 e. The Balaban J connectivity index is 0.000000273. The van der Waals surface area contributed by atoms with Gasteiger partial charge < -0.3 is 10.6 Å². The van der Waals surface area contributed by atoms with E-state index in [1.807, 2.05) is 56.3 Å². The van der Waals surface area contributed by atoms with Crippen molar-refractivity contribution in [1.82, 2.24) is 0 Å². The topological polar surface area (TPSA) is 46.3 Å². The highest BCUT2D eigenvalue weighted by atomic mass is 35.5. The Hall–Kier alpha value is -2.00. The van der Waals surface area contributed by atoms with Gasteiger partial charge in [0.1, 0.15) is 0 Å². The van der Waals surface area contributed by atoms with Crippen LogP contribution in [0.4, 0.5) is 11.4 Å². The average Bonchev–Trinajstić information content (AvgIpc) is 2.76. The normalized spacial score (nSPS) is 13.3. The first-order chi connectivity index (χ1) is 15.6.